The van der Waals surface area contributed by atoms with Gasteiger partial charge in [-0.3, -0.25) is 9.59 Å². The minimum Gasteiger partial charge on any atom is -0.326 e. The van der Waals surface area contributed by atoms with Crippen LogP contribution >= 0.6 is 11.6 Å². The number of piperidine rings is 1. The number of carbonyl (C=O) groups excluding carboxylic acids is 2. The van der Waals surface area contributed by atoms with Gasteiger partial charge in [-0.15, -0.1) is 0 Å². The van der Waals surface area contributed by atoms with E-state index in [-0.39, 0.29) is 29.7 Å². The van der Waals surface area contributed by atoms with Crippen LogP contribution in [0.25, 0.3) is 0 Å². The minimum atomic E-state index is -3.51. The van der Waals surface area contributed by atoms with Crippen LogP contribution in [-0.2, 0) is 19.6 Å². The lowest BCUT2D eigenvalue weighted by Crippen LogP contribution is -2.35. The third kappa shape index (κ3) is 4.76. The highest BCUT2D eigenvalue weighted by atomic mass is 35.5. The molecule has 0 spiro atoms. The highest BCUT2D eigenvalue weighted by Gasteiger charge is 2.35. The van der Waals surface area contributed by atoms with Crippen LogP contribution in [0.3, 0.4) is 0 Å². The van der Waals surface area contributed by atoms with Gasteiger partial charge in [0.2, 0.25) is 21.8 Å². The smallest absolute Gasteiger partial charge is 0.243 e. The number of nitrogens with one attached hydrogen (secondary N) is 1. The fourth-order valence-corrected chi connectivity index (χ4v) is 5.61. The van der Waals surface area contributed by atoms with Crippen LogP contribution in [0.2, 0.25) is 5.02 Å². The van der Waals surface area contributed by atoms with Crippen LogP contribution < -0.4 is 10.2 Å². The van der Waals surface area contributed by atoms with Crippen LogP contribution in [0.15, 0.2) is 53.4 Å². The Balaban J connectivity index is 1.40. The molecular formula is C22H24ClN3O4S. The summed E-state index contributed by atoms with van der Waals surface area (Å²) in [5.74, 6) is -0.873. The first-order valence-corrected chi connectivity index (χ1v) is 12.1. The molecule has 2 amide bonds. The number of hydrogen-bond donors (Lipinski definition) is 1. The molecule has 0 aliphatic carbocycles. The van der Waals surface area contributed by atoms with E-state index in [2.05, 4.69) is 5.32 Å². The number of halogens is 1. The lowest BCUT2D eigenvalue weighted by Gasteiger charge is -2.25. The molecule has 1 atom stereocenters. The summed E-state index contributed by atoms with van der Waals surface area (Å²) < 4.78 is 27.0. The number of amides is 2. The Labute approximate surface area is 187 Å². The van der Waals surface area contributed by atoms with Crippen molar-refractivity contribution in [1.82, 2.24) is 4.31 Å². The standard InChI is InChI=1S/C22H24ClN3O4S/c23-17-4-8-19(9-5-17)26-15-16(14-21(26)27)22(28)24-18-6-10-20(11-7-18)31(29,30)25-12-2-1-3-13-25/h4-11,16H,1-3,12-15H2,(H,24,28)/t16-/m1/s1. The van der Waals surface area contributed by atoms with Crippen molar-refractivity contribution in [3.8, 4) is 0 Å². The third-order valence-electron chi connectivity index (χ3n) is 5.71. The first-order chi connectivity index (χ1) is 14.8. The van der Waals surface area contributed by atoms with Gasteiger partial charge in [-0.2, -0.15) is 4.31 Å². The van der Waals surface area contributed by atoms with Crippen molar-refractivity contribution in [2.24, 2.45) is 5.92 Å². The summed E-state index contributed by atoms with van der Waals surface area (Å²) >= 11 is 5.90. The van der Waals surface area contributed by atoms with E-state index in [1.807, 2.05) is 0 Å². The molecule has 0 aromatic heterocycles. The van der Waals surface area contributed by atoms with Crippen LogP contribution in [0.5, 0.6) is 0 Å². The molecule has 2 aromatic rings. The Morgan fingerprint density at radius 2 is 1.61 bits per heavy atom. The number of nitrogens with zero attached hydrogens (tertiary/aromatic N) is 2. The second-order valence-electron chi connectivity index (χ2n) is 7.86. The van der Waals surface area contributed by atoms with Gasteiger partial charge in [0.1, 0.15) is 0 Å². The first-order valence-electron chi connectivity index (χ1n) is 10.3. The highest BCUT2D eigenvalue weighted by molar-refractivity contribution is 7.89. The van der Waals surface area contributed by atoms with Crippen molar-refractivity contribution < 1.29 is 18.0 Å². The summed E-state index contributed by atoms with van der Waals surface area (Å²) in [4.78, 5) is 26.9. The highest BCUT2D eigenvalue weighted by Crippen LogP contribution is 2.28. The van der Waals surface area contributed by atoms with Gasteiger partial charge in [0, 0.05) is 42.5 Å². The van der Waals surface area contributed by atoms with E-state index in [0.29, 0.717) is 29.5 Å². The second-order valence-corrected chi connectivity index (χ2v) is 10.2. The first kappa shape index (κ1) is 21.8. The van der Waals surface area contributed by atoms with E-state index >= 15 is 0 Å². The molecule has 4 rings (SSSR count). The minimum absolute atomic E-state index is 0.120. The van der Waals surface area contributed by atoms with Gasteiger partial charge in [-0.05, 0) is 61.4 Å². The largest absolute Gasteiger partial charge is 0.326 e. The third-order valence-corrected chi connectivity index (χ3v) is 7.87. The zero-order chi connectivity index (χ0) is 22.0. The molecule has 2 saturated heterocycles. The van der Waals surface area contributed by atoms with Gasteiger partial charge in [0.05, 0.1) is 10.8 Å². The summed E-state index contributed by atoms with van der Waals surface area (Å²) in [5.41, 5.74) is 1.21. The van der Waals surface area contributed by atoms with Crippen molar-refractivity contribution in [3.63, 3.8) is 0 Å². The topological polar surface area (TPSA) is 86.8 Å². The van der Waals surface area contributed by atoms with Gasteiger partial charge in [-0.1, -0.05) is 18.0 Å². The van der Waals surface area contributed by atoms with Crippen molar-refractivity contribution in [2.75, 3.05) is 29.9 Å². The van der Waals surface area contributed by atoms with Gasteiger partial charge in [-0.25, -0.2) is 8.42 Å². The van der Waals surface area contributed by atoms with E-state index in [9.17, 15) is 18.0 Å². The summed E-state index contributed by atoms with van der Waals surface area (Å²) in [6.07, 6.45) is 2.92. The van der Waals surface area contributed by atoms with Crippen LogP contribution in [-0.4, -0.2) is 44.2 Å². The summed E-state index contributed by atoms with van der Waals surface area (Å²) in [6, 6.07) is 13.1. The fourth-order valence-electron chi connectivity index (χ4n) is 3.96. The molecule has 7 nitrogen and oxygen atoms in total. The van der Waals surface area contributed by atoms with Gasteiger partial charge < -0.3 is 10.2 Å². The number of hydrogen-bond acceptors (Lipinski definition) is 4. The molecule has 2 aliphatic heterocycles. The maximum atomic E-state index is 12.7. The molecule has 2 aliphatic rings. The zero-order valence-corrected chi connectivity index (χ0v) is 18.5. The van der Waals surface area contributed by atoms with Gasteiger partial charge in [0.25, 0.3) is 0 Å². The van der Waals surface area contributed by atoms with E-state index in [1.54, 1.807) is 41.3 Å². The van der Waals surface area contributed by atoms with Crippen molar-refractivity contribution in [3.05, 3.63) is 53.6 Å². The van der Waals surface area contributed by atoms with Gasteiger partial charge in [0.15, 0.2) is 0 Å². The Morgan fingerprint density at radius 1 is 0.968 bits per heavy atom. The molecule has 0 unspecified atom stereocenters. The predicted octanol–water partition coefficient (Wildman–Crippen LogP) is 3.51. The van der Waals surface area contributed by atoms with E-state index in [4.69, 9.17) is 11.6 Å². The summed E-state index contributed by atoms with van der Waals surface area (Å²) in [6.45, 7) is 1.37. The molecule has 164 valence electrons. The van der Waals surface area contributed by atoms with Gasteiger partial charge >= 0.3 is 0 Å². The number of benzene rings is 2. The number of rotatable bonds is 5. The summed E-state index contributed by atoms with van der Waals surface area (Å²) in [7, 11) is -3.51. The number of sulfonamides is 1. The quantitative estimate of drug-likeness (QED) is 0.738. The Kier molecular flexibility index (Phi) is 6.31. The van der Waals surface area contributed by atoms with E-state index in [0.717, 1.165) is 19.3 Å². The monoisotopic (exact) mass is 461 g/mol. The SMILES string of the molecule is O=C(Nc1ccc(S(=O)(=O)N2CCCCC2)cc1)[C@@H]1CC(=O)N(c2ccc(Cl)cc2)C1. The maximum absolute atomic E-state index is 12.7. The Hall–Kier alpha value is -2.42. The lowest BCUT2D eigenvalue weighted by atomic mass is 10.1. The predicted molar refractivity (Wildman–Crippen MR) is 120 cm³/mol. The number of anilines is 2. The fraction of sp³-hybridized carbons (Fsp3) is 0.364. The lowest BCUT2D eigenvalue weighted by molar-refractivity contribution is -0.122. The molecule has 0 saturated carbocycles. The molecular weight excluding hydrogens is 438 g/mol. The average Bonchev–Trinajstić information content (AvgIpc) is 3.17. The van der Waals surface area contributed by atoms with Crippen LogP contribution in [0.4, 0.5) is 11.4 Å². The zero-order valence-electron chi connectivity index (χ0n) is 17.0. The van der Waals surface area contributed by atoms with Crippen LogP contribution in [0, 0.1) is 5.92 Å². The molecule has 1 N–H and O–H groups in total. The summed E-state index contributed by atoms with van der Waals surface area (Å²) in [5, 5.41) is 3.38. The maximum Gasteiger partial charge on any atom is 0.243 e. The molecule has 2 heterocycles. The molecule has 31 heavy (non-hydrogen) atoms. The van der Waals surface area contributed by atoms with Crippen molar-refractivity contribution in [1.29, 1.82) is 0 Å². The second kappa shape index (κ2) is 8.98. The Morgan fingerprint density at radius 3 is 2.26 bits per heavy atom. The molecule has 0 radical (unpaired) electrons. The molecule has 2 fully saturated rings. The van der Waals surface area contributed by atoms with E-state index < -0.39 is 15.9 Å². The van der Waals surface area contributed by atoms with Crippen LogP contribution in [0.1, 0.15) is 25.7 Å². The van der Waals surface area contributed by atoms with Crippen molar-refractivity contribution >= 4 is 44.8 Å². The normalized spacial score (nSPS) is 20.1. The molecule has 0 bridgehead atoms. The van der Waals surface area contributed by atoms with Crippen molar-refractivity contribution in [2.45, 2.75) is 30.6 Å². The molecule has 2 aromatic carbocycles. The number of carbonyl (C=O) groups is 2. The Bertz CT molecular complexity index is 1060. The van der Waals surface area contributed by atoms with E-state index in [1.165, 1.54) is 16.4 Å². The molecule has 9 heteroatoms. The average molecular weight is 462 g/mol.